The molecule has 0 saturated carbocycles. The van der Waals surface area contributed by atoms with Crippen LogP contribution in [0, 0.1) is 5.82 Å². The molecule has 0 aromatic heterocycles. The number of amides is 2. The molecule has 2 amide bonds. The van der Waals surface area contributed by atoms with Crippen LogP contribution in [-0.4, -0.2) is 67.4 Å². The van der Waals surface area contributed by atoms with Gasteiger partial charge in [0.15, 0.2) is 0 Å². The van der Waals surface area contributed by atoms with Crippen molar-refractivity contribution < 1.29 is 14.0 Å². The summed E-state index contributed by atoms with van der Waals surface area (Å²) >= 11 is 3.27. The van der Waals surface area contributed by atoms with Crippen molar-refractivity contribution in [3.05, 3.63) is 28.0 Å². The maximum atomic E-state index is 14.1. The average molecular weight is 413 g/mol. The van der Waals surface area contributed by atoms with Crippen LogP contribution < -0.4 is 10.6 Å². The van der Waals surface area contributed by atoms with Crippen molar-refractivity contribution in [3.8, 4) is 0 Å². The number of rotatable bonds is 4. The zero-order valence-electron chi connectivity index (χ0n) is 14.0. The Morgan fingerprint density at radius 1 is 1.08 bits per heavy atom. The lowest BCUT2D eigenvalue weighted by Gasteiger charge is -2.37. The van der Waals surface area contributed by atoms with Gasteiger partial charge >= 0.3 is 0 Å². The van der Waals surface area contributed by atoms with Gasteiger partial charge in [0.2, 0.25) is 5.91 Å². The summed E-state index contributed by atoms with van der Waals surface area (Å²) in [5, 5.41) is 0. The highest BCUT2D eigenvalue weighted by molar-refractivity contribution is 9.10. The fourth-order valence-electron chi connectivity index (χ4n) is 3.46. The minimum absolute atomic E-state index is 0.0789. The van der Waals surface area contributed by atoms with E-state index in [1.807, 2.05) is 9.80 Å². The molecule has 2 heterocycles. The van der Waals surface area contributed by atoms with Crippen LogP contribution >= 0.6 is 15.9 Å². The van der Waals surface area contributed by atoms with Crippen LogP contribution in [0.1, 0.15) is 23.2 Å². The molecule has 2 N–H and O–H groups in total. The van der Waals surface area contributed by atoms with E-state index in [2.05, 4.69) is 20.8 Å². The number of likely N-dealkylation sites (tertiary alicyclic amines) is 1. The normalized spacial score (nSPS) is 18.6. The minimum Gasteiger partial charge on any atom is -0.368 e. The first-order valence-corrected chi connectivity index (χ1v) is 9.29. The Balaban J connectivity index is 1.64. The highest BCUT2D eigenvalue weighted by atomic mass is 79.9. The molecule has 2 aliphatic rings. The molecule has 0 aliphatic carbocycles. The van der Waals surface area contributed by atoms with Gasteiger partial charge in [0.05, 0.1) is 17.8 Å². The minimum atomic E-state index is -0.772. The standard InChI is InChI=1S/C17H22BrFN4O2/c18-12-9-13(19)16(17(20)25)14(10-12)22-7-5-21(6-8-22)11-15(24)23-3-1-2-4-23/h9-10H,1-8,11H2,(H2,20,25). The Morgan fingerprint density at radius 2 is 1.72 bits per heavy atom. The fraction of sp³-hybridized carbons (Fsp3) is 0.529. The molecule has 6 nitrogen and oxygen atoms in total. The maximum Gasteiger partial charge on any atom is 0.253 e. The number of carbonyl (C=O) groups is 2. The fourth-order valence-corrected chi connectivity index (χ4v) is 3.88. The number of piperazine rings is 1. The molecular weight excluding hydrogens is 391 g/mol. The highest BCUT2D eigenvalue weighted by Crippen LogP contribution is 2.28. The van der Waals surface area contributed by atoms with Gasteiger partial charge in [-0.05, 0) is 25.0 Å². The third kappa shape index (κ3) is 4.12. The lowest BCUT2D eigenvalue weighted by atomic mass is 10.1. The van der Waals surface area contributed by atoms with Crippen LogP contribution in [0.2, 0.25) is 0 Å². The lowest BCUT2D eigenvalue weighted by Crippen LogP contribution is -2.50. The van der Waals surface area contributed by atoms with Crippen LogP contribution in [0.25, 0.3) is 0 Å². The number of benzene rings is 1. The first kappa shape index (κ1) is 18.1. The number of halogens is 2. The van der Waals surface area contributed by atoms with Crippen LogP contribution in [-0.2, 0) is 4.79 Å². The van der Waals surface area contributed by atoms with Gasteiger partial charge in [-0.25, -0.2) is 4.39 Å². The van der Waals surface area contributed by atoms with Crippen molar-refractivity contribution in [3.63, 3.8) is 0 Å². The number of hydrogen-bond acceptors (Lipinski definition) is 4. The predicted octanol–water partition coefficient (Wildman–Crippen LogP) is 1.43. The Kier molecular flexibility index (Phi) is 5.58. The topological polar surface area (TPSA) is 69.9 Å². The lowest BCUT2D eigenvalue weighted by molar-refractivity contribution is -0.131. The molecule has 2 aliphatic heterocycles. The number of nitrogens with two attached hydrogens (primary N) is 1. The summed E-state index contributed by atoms with van der Waals surface area (Å²) in [6.07, 6.45) is 2.17. The summed E-state index contributed by atoms with van der Waals surface area (Å²) in [6.45, 7) is 4.74. The molecule has 2 fully saturated rings. The van der Waals surface area contributed by atoms with Crippen LogP contribution in [0.3, 0.4) is 0 Å². The second kappa shape index (κ2) is 7.70. The molecule has 3 rings (SSSR count). The number of nitrogens with zero attached hydrogens (tertiary/aromatic N) is 3. The molecule has 1 aromatic rings. The van der Waals surface area contributed by atoms with E-state index < -0.39 is 11.7 Å². The number of carbonyl (C=O) groups excluding carboxylic acids is 2. The highest BCUT2D eigenvalue weighted by Gasteiger charge is 2.26. The number of anilines is 1. The van der Waals surface area contributed by atoms with Crippen molar-refractivity contribution >= 4 is 33.4 Å². The van der Waals surface area contributed by atoms with E-state index >= 15 is 0 Å². The van der Waals surface area contributed by atoms with E-state index in [1.54, 1.807) is 6.07 Å². The Labute approximate surface area is 154 Å². The van der Waals surface area contributed by atoms with Crippen molar-refractivity contribution in [1.82, 2.24) is 9.80 Å². The molecule has 1 aromatic carbocycles. The third-order valence-electron chi connectivity index (χ3n) is 4.81. The molecule has 0 atom stereocenters. The van der Waals surface area contributed by atoms with Gasteiger partial charge in [-0.2, -0.15) is 0 Å². The molecule has 0 radical (unpaired) electrons. The number of primary amides is 1. The molecular formula is C17H22BrFN4O2. The number of hydrogen-bond donors (Lipinski definition) is 1. The summed E-state index contributed by atoms with van der Waals surface area (Å²) < 4.78 is 14.7. The molecule has 25 heavy (non-hydrogen) atoms. The summed E-state index contributed by atoms with van der Waals surface area (Å²) in [4.78, 5) is 29.9. The molecule has 8 heteroatoms. The summed E-state index contributed by atoms with van der Waals surface area (Å²) in [5.74, 6) is -1.22. The van der Waals surface area contributed by atoms with Crippen molar-refractivity contribution in [2.75, 3.05) is 50.7 Å². The first-order chi connectivity index (χ1) is 12.0. The summed E-state index contributed by atoms with van der Waals surface area (Å²) in [6, 6.07) is 2.96. The SMILES string of the molecule is NC(=O)c1c(F)cc(Br)cc1N1CCN(CC(=O)N2CCCC2)CC1. The van der Waals surface area contributed by atoms with E-state index in [9.17, 15) is 14.0 Å². The van der Waals surface area contributed by atoms with Crippen molar-refractivity contribution in [2.45, 2.75) is 12.8 Å². The maximum absolute atomic E-state index is 14.1. The second-order valence-electron chi connectivity index (χ2n) is 6.50. The quantitative estimate of drug-likeness (QED) is 0.811. The third-order valence-corrected chi connectivity index (χ3v) is 5.27. The molecule has 2 saturated heterocycles. The van der Waals surface area contributed by atoms with E-state index in [0.29, 0.717) is 42.9 Å². The van der Waals surface area contributed by atoms with Gasteiger partial charge < -0.3 is 15.5 Å². The van der Waals surface area contributed by atoms with E-state index in [0.717, 1.165) is 25.9 Å². The van der Waals surface area contributed by atoms with Crippen molar-refractivity contribution in [1.29, 1.82) is 0 Å². The summed E-state index contributed by atoms with van der Waals surface area (Å²) in [7, 11) is 0. The smallest absolute Gasteiger partial charge is 0.253 e. The van der Waals surface area contributed by atoms with Crippen LogP contribution in [0.5, 0.6) is 0 Å². The van der Waals surface area contributed by atoms with Gasteiger partial charge in [-0.3, -0.25) is 14.5 Å². The van der Waals surface area contributed by atoms with Gasteiger partial charge in [0.25, 0.3) is 5.91 Å². The molecule has 0 bridgehead atoms. The molecule has 136 valence electrons. The van der Waals surface area contributed by atoms with Crippen molar-refractivity contribution in [2.24, 2.45) is 5.73 Å². The summed E-state index contributed by atoms with van der Waals surface area (Å²) in [5.41, 5.74) is 5.78. The monoisotopic (exact) mass is 412 g/mol. The zero-order valence-corrected chi connectivity index (χ0v) is 15.6. The average Bonchev–Trinajstić information content (AvgIpc) is 3.09. The van der Waals surface area contributed by atoms with E-state index in [-0.39, 0.29) is 11.5 Å². The zero-order chi connectivity index (χ0) is 18.0. The first-order valence-electron chi connectivity index (χ1n) is 8.49. The predicted molar refractivity (Wildman–Crippen MR) is 97.1 cm³/mol. The molecule has 0 spiro atoms. The van der Waals surface area contributed by atoms with Gasteiger partial charge in [-0.1, -0.05) is 15.9 Å². The van der Waals surface area contributed by atoms with Gasteiger partial charge in [0, 0.05) is 43.7 Å². The van der Waals surface area contributed by atoms with Crippen LogP contribution in [0.15, 0.2) is 16.6 Å². The largest absolute Gasteiger partial charge is 0.368 e. The van der Waals surface area contributed by atoms with Gasteiger partial charge in [0.1, 0.15) is 5.82 Å². The second-order valence-corrected chi connectivity index (χ2v) is 7.41. The van der Waals surface area contributed by atoms with Crippen LogP contribution in [0.4, 0.5) is 10.1 Å². The van der Waals surface area contributed by atoms with Gasteiger partial charge in [-0.15, -0.1) is 0 Å². The Morgan fingerprint density at radius 3 is 2.32 bits per heavy atom. The van der Waals surface area contributed by atoms with E-state index in [4.69, 9.17) is 5.73 Å². The van der Waals surface area contributed by atoms with E-state index in [1.165, 1.54) is 6.07 Å². The molecule has 0 unspecified atom stereocenters. The Bertz CT molecular complexity index is 671. The Hall–Kier alpha value is -1.67.